The lowest BCUT2D eigenvalue weighted by Crippen LogP contribution is -2.30. The van der Waals surface area contributed by atoms with Gasteiger partial charge in [0.1, 0.15) is 5.84 Å². The van der Waals surface area contributed by atoms with Gasteiger partial charge in [0.2, 0.25) is 0 Å². The number of aromatic nitrogens is 2. The smallest absolute Gasteiger partial charge is 0.259 e. The van der Waals surface area contributed by atoms with Crippen LogP contribution in [0.4, 0.5) is 0 Å². The first kappa shape index (κ1) is 12.5. The second kappa shape index (κ2) is 4.94. The van der Waals surface area contributed by atoms with Crippen molar-refractivity contribution in [3.8, 4) is 0 Å². The van der Waals surface area contributed by atoms with Gasteiger partial charge in [0.15, 0.2) is 5.03 Å². The maximum Gasteiger partial charge on any atom is 0.259 e. The Morgan fingerprint density at radius 3 is 2.94 bits per heavy atom. The zero-order chi connectivity index (χ0) is 12.2. The van der Waals surface area contributed by atoms with E-state index in [1.807, 2.05) is 0 Å². The van der Waals surface area contributed by atoms with Crippen LogP contribution in [-0.4, -0.2) is 47.6 Å². The summed E-state index contributed by atoms with van der Waals surface area (Å²) in [7, 11) is -2.17. The Morgan fingerprint density at radius 2 is 2.44 bits per heavy atom. The molecule has 16 heavy (non-hydrogen) atoms. The summed E-state index contributed by atoms with van der Waals surface area (Å²) in [6.07, 6.45) is 1.50. The fourth-order valence-electron chi connectivity index (χ4n) is 0.997. The van der Waals surface area contributed by atoms with Gasteiger partial charge in [0, 0.05) is 20.0 Å². The highest BCUT2D eigenvalue weighted by atomic mass is 32.2. The number of hydrogen-bond acceptors (Lipinski definition) is 5. The lowest BCUT2D eigenvalue weighted by atomic mass is 10.4. The number of nitrogens with zero attached hydrogens (tertiary/aromatic N) is 3. The number of aromatic amines is 1. The summed E-state index contributed by atoms with van der Waals surface area (Å²) >= 11 is 0. The number of rotatable bonds is 5. The Bertz CT molecular complexity index is 452. The monoisotopic (exact) mass is 247 g/mol. The molecule has 0 aliphatic rings. The molecule has 0 fully saturated rings. The lowest BCUT2D eigenvalue weighted by molar-refractivity contribution is 0.316. The van der Waals surface area contributed by atoms with Crippen molar-refractivity contribution in [2.75, 3.05) is 13.6 Å². The Morgan fingerprint density at radius 1 is 1.75 bits per heavy atom. The quantitative estimate of drug-likeness (QED) is 0.271. The largest absolute Gasteiger partial charge is 0.409 e. The van der Waals surface area contributed by atoms with Crippen LogP contribution in [0.3, 0.4) is 0 Å². The number of nitrogens with one attached hydrogen (secondary N) is 1. The predicted molar refractivity (Wildman–Crippen MR) is 56.4 cm³/mol. The molecular formula is C7H13N5O3S. The van der Waals surface area contributed by atoms with E-state index in [1.54, 1.807) is 0 Å². The minimum Gasteiger partial charge on any atom is -0.409 e. The second-order valence-electron chi connectivity index (χ2n) is 3.09. The van der Waals surface area contributed by atoms with E-state index < -0.39 is 10.0 Å². The van der Waals surface area contributed by atoms with Gasteiger partial charge in [-0.3, -0.25) is 5.10 Å². The van der Waals surface area contributed by atoms with Crippen LogP contribution < -0.4 is 5.73 Å². The van der Waals surface area contributed by atoms with Crippen molar-refractivity contribution in [1.82, 2.24) is 14.5 Å². The standard InChI is InChI=1S/C7H13N5O3S/c1-12(5-3-6(8)11-13)16(14,15)7-2-4-9-10-7/h2,4,13H,3,5H2,1H3,(H2,8,11)(H,9,10). The predicted octanol–water partition coefficient (Wildman–Crippen LogP) is -0.833. The normalized spacial score (nSPS) is 13.2. The topological polar surface area (TPSA) is 125 Å². The number of hydrogen-bond donors (Lipinski definition) is 3. The Labute approximate surface area is 92.8 Å². The molecule has 0 unspecified atom stereocenters. The summed E-state index contributed by atoms with van der Waals surface area (Å²) in [6, 6.07) is 1.36. The Kier molecular flexibility index (Phi) is 3.85. The first-order valence-corrected chi connectivity index (χ1v) is 5.84. The summed E-state index contributed by atoms with van der Waals surface area (Å²) in [5.41, 5.74) is 5.24. The van der Waals surface area contributed by atoms with Gasteiger partial charge in [-0.05, 0) is 6.07 Å². The van der Waals surface area contributed by atoms with E-state index in [1.165, 1.54) is 19.3 Å². The Hall–Kier alpha value is -1.61. The van der Waals surface area contributed by atoms with Gasteiger partial charge in [0.05, 0.1) is 6.20 Å². The van der Waals surface area contributed by atoms with E-state index >= 15 is 0 Å². The van der Waals surface area contributed by atoms with E-state index in [0.717, 1.165) is 4.31 Å². The first-order valence-electron chi connectivity index (χ1n) is 4.40. The molecular weight excluding hydrogens is 234 g/mol. The van der Waals surface area contributed by atoms with Crippen LogP contribution in [0.5, 0.6) is 0 Å². The minimum absolute atomic E-state index is 0.00880. The molecule has 0 atom stereocenters. The molecule has 90 valence electrons. The van der Waals surface area contributed by atoms with Crippen molar-refractivity contribution in [2.24, 2.45) is 10.9 Å². The third-order valence-corrected chi connectivity index (χ3v) is 3.76. The zero-order valence-corrected chi connectivity index (χ0v) is 9.48. The van der Waals surface area contributed by atoms with Gasteiger partial charge in [-0.2, -0.15) is 9.40 Å². The van der Waals surface area contributed by atoms with E-state index in [0.29, 0.717) is 0 Å². The van der Waals surface area contributed by atoms with Crippen molar-refractivity contribution < 1.29 is 13.6 Å². The van der Waals surface area contributed by atoms with Gasteiger partial charge < -0.3 is 10.9 Å². The van der Waals surface area contributed by atoms with Gasteiger partial charge in [-0.15, -0.1) is 0 Å². The van der Waals surface area contributed by atoms with Crippen LogP contribution >= 0.6 is 0 Å². The molecule has 1 heterocycles. The van der Waals surface area contributed by atoms with Crippen molar-refractivity contribution in [2.45, 2.75) is 11.4 Å². The highest BCUT2D eigenvalue weighted by Crippen LogP contribution is 2.10. The molecule has 9 heteroatoms. The highest BCUT2D eigenvalue weighted by molar-refractivity contribution is 7.89. The molecule has 1 aromatic heterocycles. The molecule has 0 spiro atoms. The number of nitrogens with two attached hydrogens (primary N) is 1. The zero-order valence-electron chi connectivity index (χ0n) is 8.66. The van der Waals surface area contributed by atoms with Crippen molar-refractivity contribution in [1.29, 1.82) is 0 Å². The molecule has 0 radical (unpaired) electrons. The molecule has 1 rings (SSSR count). The van der Waals surface area contributed by atoms with Crippen LogP contribution in [0.2, 0.25) is 0 Å². The molecule has 4 N–H and O–H groups in total. The van der Waals surface area contributed by atoms with E-state index in [4.69, 9.17) is 10.9 Å². The lowest BCUT2D eigenvalue weighted by Gasteiger charge is -2.14. The van der Waals surface area contributed by atoms with Crippen molar-refractivity contribution in [3.63, 3.8) is 0 Å². The van der Waals surface area contributed by atoms with Crippen LogP contribution in [0.25, 0.3) is 0 Å². The summed E-state index contributed by atoms with van der Waals surface area (Å²) in [5, 5.41) is 17.0. The maximum absolute atomic E-state index is 11.8. The van der Waals surface area contributed by atoms with Crippen molar-refractivity contribution in [3.05, 3.63) is 12.3 Å². The van der Waals surface area contributed by atoms with E-state index in [9.17, 15) is 8.42 Å². The molecule has 1 aromatic rings. The molecule has 0 saturated carbocycles. The average molecular weight is 247 g/mol. The molecule has 0 amide bonds. The third-order valence-electron chi connectivity index (χ3n) is 1.97. The molecule has 8 nitrogen and oxygen atoms in total. The highest BCUT2D eigenvalue weighted by Gasteiger charge is 2.21. The van der Waals surface area contributed by atoms with Gasteiger partial charge in [-0.25, -0.2) is 8.42 Å². The number of H-pyrrole nitrogens is 1. The first-order chi connectivity index (χ1) is 7.48. The summed E-state index contributed by atoms with van der Waals surface area (Å²) < 4.78 is 24.7. The third kappa shape index (κ3) is 2.70. The SMILES string of the molecule is CN(CCC(N)=NO)S(=O)(=O)c1ccn[nH]1. The van der Waals surface area contributed by atoms with E-state index in [-0.39, 0.29) is 23.8 Å². The summed E-state index contributed by atoms with van der Waals surface area (Å²) in [5.74, 6) is -0.0216. The minimum atomic E-state index is -3.58. The van der Waals surface area contributed by atoms with Gasteiger partial charge in [0.25, 0.3) is 10.0 Å². The van der Waals surface area contributed by atoms with Crippen LogP contribution in [-0.2, 0) is 10.0 Å². The molecule has 0 aliphatic heterocycles. The van der Waals surface area contributed by atoms with Crippen molar-refractivity contribution >= 4 is 15.9 Å². The second-order valence-corrected chi connectivity index (χ2v) is 5.10. The molecule has 0 aliphatic carbocycles. The van der Waals surface area contributed by atoms with Crippen LogP contribution in [0.15, 0.2) is 22.4 Å². The average Bonchev–Trinajstić information content (AvgIpc) is 2.78. The van der Waals surface area contributed by atoms with E-state index in [2.05, 4.69) is 15.4 Å². The maximum atomic E-state index is 11.8. The Balaban J connectivity index is 2.71. The fourth-order valence-corrected chi connectivity index (χ4v) is 2.07. The number of oxime groups is 1. The van der Waals surface area contributed by atoms with Gasteiger partial charge >= 0.3 is 0 Å². The fraction of sp³-hybridized carbons (Fsp3) is 0.429. The van der Waals surface area contributed by atoms with Crippen LogP contribution in [0, 0.1) is 0 Å². The van der Waals surface area contributed by atoms with Crippen LogP contribution in [0.1, 0.15) is 6.42 Å². The molecule has 0 bridgehead atoms. The summed E-state index contributed by atoms with van der Waals surface area (Å²) in [6.45, 7) is 0.122. The van der Waals surface area contributed by atoms with Gasteiger partial charge in [-0.1, -0.05) is 5.16 Å². The number of sulfonamides is 1. The summed E-state index contributed by atoms with van der Waals surface area (Å²) in [4.78, 5) is 0. The molecule has 0 saturated heterocycles. The molecule has 0 aromatic carbocycles. The number of amidine groups is 1.